The summed E-state index contributed by atoms with van der Waals surface area (Å²) in [5.74, 6) is 0.827. The van der Waals surface area contributed by atoms with Crippen LogP contribution in [0.15, 0.2) is 16.5 Å². The van der Waals surface area contributed by atoms with Crippen molar-refractivity contribution >= 4 is 22.7 Å². The lowest BCUT2D eigenvalue weighted by Crippen LogP contribution is -2.34. The fourth-order valence-corrected chi connectivity index (χ4v) is 3.05. The smallest absolute Gasteiger partial charge is 0.195 e. The average molecular weight is 279 g/mol. The van der Waals surface area contributed by atoms with Crippen LogP contribution in [0.2, 0.25) is 5.02 Å². The van der Waals surface area contributed by atoms with Gasteiger partial charge in [0, 0.05) is 17.5 Å². The second-order valence-electron chi connectivity index (χ2n) is 5.36. The number of hydrogen-bond acceptors (Lipinski definition) is 3. The zero-order chi connectivity index (χ0) is 13.2. The van der Waals surface area contributed by atoms with Crippen molar-refractivity contribution in [3.05, 3.63) is 28.6 Å². The van der Waals surface area contributed by atoms with Crippen molar-refractivity contribution in [1.29, 1.82) is 0 Å². The Hall–Kier alpha value is -1.06. The van der Waals surface area contributed by atoms with E-state index in [-0.39, 0.29) is 0 Å². The van der Waals surface area contributed by atoms with Gasteiger partial charge >= 0.3 is 0 Å². The molecule has 1 aromatic heterocycles. The summed E-state index contributed by atoms with van der Waals surface area (Å²) < 4.78 is 5.85. The number of rotatable bonds is 3. The Kier molecular flexibility index (Phi) is 3.76. The van der Waals surface area contributed by atoms with Crippen LogP contribution in [0.4, 0.5) is 0 Å². The van der Waals surface area contributed by atoms with E-state index in [1.54, 1.807) is 0 Å². The molecule has 1 N–H and O–H groups in total. The maximum Gasteiger partial charge on any atom is 0.195 e. The Morgan fingerprint density at radius 1 is 1.42 bits per heavy atom. The van der Waals surface area contributed by atoms with E-state index in [2.05, 4.69) is 10.3 Å². The third kappa shape index (κ3) is 2.93. The molecule has 19 heavy (non-hydrogen) atoms. The molecule has 0 aliphatic carbocycles. The molecule has 1 aliphatic rings. The van der Waals surface area contributed by atoms with E-state index < -0.39 is 0 Å². The molecule has 0 saturated carbocycles. The van der Waals surface area contributed by atoms with Crippen molar-refractivity contribution in [2.75, 3.05) is 6.54 Å². The Balaban J connectivity index is 1.72. The van der Waals surface area contributed by atoms with Crippen molar-refractivity contribution in [3.63, 3.8) is 0 Å². The second-order valence-corrected chi connectivity index (χ2v) is 5.80. The zero-order valence-corrected chi connectivity index (χ0v) is 12.0. The molecular formula is C15H19ClN2O. The summed E-state index contributed by atoms with van der Waals surface area (Å²) in [6.07, 6.45) is 5.89. The quantitative estimate of drug-likeness (QED) is 0.926. The van der Waals surface area contributed by atoms with Gasteiger partial charge in [0.1, 0.15) is 5.52 Å². The highest BCUT2D eigenvalue weighted by molar-refractivity contribution is 6.31. The molecule has 0 radical (unpaired) electrons. The Labute approximate surface area is 118 Å². The van der Waals surface area contributed by atoms with Crippen LogP contribution in [0.5, 0.6) is 0 Å². The Bertz CT molecular complexity index is 573. The molecule has 102 valence electrons. The van der Waals surface area contributed by atoms with Crippen molar-refractivity contribution in [1.82, 2.24) is 10.3 Å². The van der Waals surface area contributed by atoms with Gasteiger partial charge in [0.2, 0.25) is 0 Å². The average Bonchev–Trinajstić information content (AvgIpc) is 2.81. The minimum absolute atomic E-state index is 0.619. The molecule has 3 nitrogen and oxygen atoms in total. The Morgan fingerprint density at radius 2 is 2.32 bits per heavy atom. The van der Waals surface area contributed by atoms with Gasteiger partial charge in [0.05, 0.1) is 0 Å². The van der Waals surface area contributed by atoms with Crippen LogP contribution in [0.3, 0.4) is 0 Å². The van der Waals surface area contributed by atoms with Crippen LogP contribution in [-0.4, -0.2) is 17.6 Å². The summed E-state index contributed by atoms with van der Waals surface area (Å²) >= 11 is 6.04. The Morgan fingerprint density at radius 3 is 3.11 bits per heavy atom. The molecule has 4 heteroatoms. The topological polar surface area (TPSA) is 38.1 Å². The highest BCUT2D eigenvalue weighted by Gasteiger charge is 2.15. The summed E-state index contributed by atoms with van der Waals surface area (Å²) in [6.45, 7) is 3.15. The molecule has 1 unspecified atom stereocenters. The number of nitrogens with one attached hydrogen (secondary N) is 1. The first-order chi connectivity index (χ1) is 9.22. The molecule has 1 atom stereocenters. The van der Waals surface area contributed by atoms with E-state index in [0.29, 0.717) is 6.04 Å². The molecule has 1 fully saturated rings. The number of piperidine rings is 1. The first-order valence-corrected chi connectivity index (χ1v) is 7.39. The van der Waals surface area contributed by atoms with Crippen LogP contribution < -0.4 is 5.32 Å². The maximum absolute atomic E-state index is 6.04. The van der Waals surface area contributed by atoms with Crippen molar-refractivity contribution in [3.8, 4) is 0 Å². The van der Waals surface area contributed by atoms with Crippen molar-refractivity contribution in [2.24, 2.45) is 0 Å². The lowest BCUT2D eigenvalue weighted by molar-refractivity contribution is 0.371. The predicted molar refractivity (Wildman–Crippen MR) is 77.7 cm³/mol. The number of oxazole rings is 1. The molecule has 2 heterocycles. The summed E-state index contributed by atoms with van der Waals surface area (Å²) in [5.41, 5.74) is 2.80. The van der Waals surface area contributed by atoms with Gasteiger partial charge in [0.25, 0.3) is 0 Å². The summed E-state index contributed by atoms with van der Waals surface area (Å²) in [5, 5.41) is 4.27. The van der Waals surface area contributed by atoms with E-state index in [1.165, 1.54) is 19.3 Å². The highest BCUT2D eigenvalue weighted by atomic mass is 35.5. The number of nitrogens with zero attached hydrogens (tertiary/aromatic N) is 1. The number of aromatic nitrogens is 1. The number of fused-ring (bicyclic) bond motifs is 1. The summed E-state index contributed by atoms with van der Waals surface area (Å²) in [4.78, 5) is 4.54. The molecule has 2 aromatic rings. The third-order valence-electron chi connectivity index (χ3n) is 3.80. The lowest BCUT2D eigenvalue weighted by Gasteiger charge is -2.22. The van der Waals surface area contributed by atoms with Crippen LogP contribution in [0.1, 0.15) is 37.1 Å². The molecule has 0 amide bonds. The number of halogens is 1. The SMILES string of the molecule is Cc1cc(Cl)cc2nc(CCC3CCCCN3)oc12. The van der Waals surface area contributed by atoms with E-state index in [0.717, 1.165) is 47.0 Å². The maximum atomic E-state index is 6.04. The molecule has 1 saturated heterocycles. The van der Waals surface area contributed by atoms with Gasteiger partial charge < -0.3 is 9.73 Å². The second kappa shape index (κ2) is 5.51. The van der Waals surface area contributed by atoms with E-state index in [9.17, 15) is 0 Å². The van der Waals surface area contributed by atoms with Gasteiger partial charge in [0.15, 0.2) is 11.5 Å². The van der Waals surface area contributed by atoms with Gasteiger partial charge in [-0.25, -0.2) is 4.98 Å². The predicted octanol–water partition coefficient (Wildman–Crippen LogP) is 3.86. The fraction of sp³-hybridized carbons (Fsp3) is 0.533. The fourth-order valence-electron chi connectivity index (χ4n) is 2.78. The molecule has 1 aliphatic heterocycles. The number of benzene rings is 1. The highest BCUT2D eigenvalue weighted by Crippen LogP contribution is 2.25. The molecule has 0 spiro atoms. The molecular weight excluding hydrogens is 260 g/mol. The molecule has 3 rings (SSSR count). The van der Waals surface area contributed by atoms with Crippen LogP contribution >= 0.6 is 11.6 Å². The first kappa shape index (κ1) is 12.9. The van der Waals surface area contributed by atoms with E-state index in [1.807, 2.05) is 19.1 Å². The van der Waals surface area contributed by atoms with Gasteiger partial charge in [-0.2, -0.15) is 0 Å². The monoisotopic (exact) mass is 278 g/mol. The van der Waals surface area contributed by atoms with Crippen molar-refractivity contribution in [2.45, 2.75) is 45.1 Å². The zero-order valence-electron chi connectivity index (χ0n) is 11.2. The van der Waals surface area contributed by atoms with Crippen LogP contribution in [-0.2, 0) is 6.42 Å². The minimum Gasteiger partial charge on any atom is -0.440 e. The van der Waals surface area contributed by atoms with E-state index >= 15 is 0 Å². The van der Waals surface area contributed by atoms with Gasteiger partial charge in [-0.05, 0) is 50.4 Å². The lowest BCUT2D eigenvalue weighted by atomic mass is 10.0. The summed E-state index contributed by atoms with van der Waals surface area (Å²) in [7, 11) is 0. The van der Waals surface area contributed by atoms with Gasteiger partial charge in [-0.15, -0.1) is 0 Å². The normalized spacial score (nSPS) is 20.0. The minimum atomic E-state index is 0.619. The van der Waals surface area contributed by atoms with Gasteiger partial charge in [-0.1, -0.05) is 18.0 Å². The number of aryl methyl sites for hydroxylation is 2. The van der Waals surface area contributed by atoms with Crippen LogP contribution in [0, 0.1) is 6.92 Å². The standard InChI is InChI=1S/C15H19ClN2O/c1-10-8-11(16)9-13-15(10)19-14(18-13)6-5-12-4-2-3-7-17-12/h8-9,12,17H,2-7H2,1H3. The van der Waals surface area contributed by atoms with Crippen molar-refractivity contribution < 1.29 is 4.42 Å². The third-order valence-corrected chi connectivity index (χ3v) is 4.02. The largest absolute Gasteiger partial charge is 0.440 e. The van der Waals surface area contributed by atoms with Crippen LogP contribution in [0.25, 0.3) is 11.1 Å². The van der Waals surface area contributed by atoms with Gasteiger partial charge in [-0.3, -0.25) is 0 Å². The number of hydrogen-bond donors (Lipinski definition) is 1. The molecule has 1 aromatic carbocycles. The first-order valence-electron chi connectivity index (χ1n) is 7.01. The van der Waals surface area contributed by atoms with E-state index in [4.69, 9.17) is 16.0 Å². The summed E-state index contributed by atoms with van der Waals surface area (Å²) in [6, 6.07) is 4.41. The molecule has 0 bridgehead atoms.